The van der Waals surface area contributed by atoms with Gasteiger partial charge in [-0.3, -0.25) is 14.4 Å². The molecule has 3 amide bonds. The molecule has 1 aromatic rings. The normalized spacial score (nSPS) is 21.6. The van der Waals surface area contributed by atoms with Crippen molar-refractivity contribution in [3.05, 3.63) is 35.9 Å². The molecule has 2 aliphatic heterocycles. The van der Waals surface area contributed by atoms with Crippen molar-refractivity contribution in [1.29, 1.82) is 0 Å². The highest BCUT2D eigenvalue weighted by Gasteiger charge is 2.39. The molecular formula is C24H34N4O5S. The summed E-state index contributed by atoms with van der Waals surface area (Å²) in [5.74, 6) is -1.47. The van der Waals surface area contributed by atoms with Crippen LogP contribution in [0.2, 0.25) is 0 Å². The van der Waals surface area contributed by atoms with Gasteiger partial charge in [-0.05, 0) is 56.2 Å². The monoisotopic (exact) mass is 490 g/mol. The summed E-state index contributed by atoms with van der Waals surface area (Å²) in [6.07, 6.45) is 5.23. The van der Waals surface area contributed by atoms with Gasteiger partial charge in [0.15, 0.2) is 0 Å². The highest BCUT2D eigenvalue weighted by atomic mass is 32.2. The third kappa shape index (κ3) is 6.96. The number of carboxylic acid groups (broad SMARTS) is 1. The molecule has 2 aliphatic rings. The molecule has 1 aromatic carbocycles. The number of likely N-dealkylation sites (tertiary alicyclic amines) is 1. The van der Waals surface area contributed by atoms with Gasteiger partial charge in [-0.1, -0.05) is 30.3 Å². The van der Waals surface area contributed by atoms with Gasteiger partial charge in [0.1, 0.15) is 18.1 Å². The predicted octanol–water partition coefficient (Wildman–Crippen LogP) is 0.779. The maximum Gasteiger partial charge on any atom is 0.326 e. The first kappa shape index (κ1) is 26.0. The number of carbonyl (C=O) groups is 4. The number of hydrogen-bond donors (Lipinski definition) is 4. The van der Waals surface area contributed by atoms with Crippen LogP contribution in [0.4, 0.5) is 0 Å². The first-order valence-electron chi connectivity index (χ1n) is 11.8. The highest BCUT2D eigenvalue weighted by Crippen LogP contribution is 2.20. The van der Waals surface area contributed by atoms with Crippen LogP contribution in [0.3, 0.4) is 0 Å². The lowest BCUT2D eigenvalue weighted by molar-refractivity contribution is -0.145. The van der Waals surface area contributed by atoms with Gasteiger partial charge in [0.25, 0.3) is 0 Å². The van der Waals surface area contributed by atoms with Crippen LogP contribution in [0.1, 0.15) is 37.7 Å². The molecule has 2 heterocycles. The molecule has 2 fully saturated rings. The van der Waals surface area contributed by atoms with Crippen molar-refractivity contribution in [1.82, 2.24) is 20.9 Å². The second kappa shape index (κ2) is 12.8. The Morgan fingerprint density at radius 3 is 2.47 bits per heavy atom. The average molecular weight is 491 g/mol. The van der Waals surface area contributed by atoms with Gasteiger partial charge in [-0.15, -0.1) is 0 Å². The van der Waals surface area contributed by atoms with Crippen molar-refractivity contribution in [2.75, 3.05) is 25.1 Å². The molecule has 0 radical (unpaired) electrons. The number of benzene rings is 1. The summed E-state index contributed by atoms with van der Waals surface area (Å²) in [6, 6.07) is 6.57. The van der Waals surface area contributed by atoms with E-state index in [4.69, 9.17) is 0 Å². The van der Waals surface area contributed by atoms with E-state index >= 15 is 0 Å². The Labute approximate surface area is 204 Å². The molecular weight excluding hydrogens is 456 g/mol. The predicted molar refractivity (Wildman–Crippen MR) is 130 cm³/mol. The van der Waals surface area contributed by atoms with E-state index in [0.717, 1.165) is 24.9 Å². The lowest BCUT2D eigenvalue weighted by atomic mass is 10.0. The van der Waals surface area contributed by atoms with Crippen LogP contribution >= 0.6 is 11.8 Å². The Hall–Kier alpha value is -2.59. The molecule has 4 N–H and O–H groups in total. The maximum absolute atomic E-state index is 13.6. The average Bonchev–Trinajstić information content (AvgIpc) is 3.54. The number of aliphatic carboxylic acids is 1. The minimum atomic E-state index is -1.09. The van der Waals surface area contributed by atoms with Gasteiger partial charge >= 0.3 is 5.97 Å². The third-order valence-corrected chi connectivity index (χ3v) is 6.98. The molecule has 0 spiro atoms. The second-order valence-corrected chi connectivity index (χ2v) is 9.76. The molecule has 10 heteroatoms. The molecule has 0 bridgehead atoms. The fraction of sp³-hybridized carbons (Fsp3) is 0.583. The SMILES string of the molecule is CSCCC(NC(=O)C1CCCN1C(=O)C(Cc1ccccc1)NC(=O)C1CCCN1)C(=O)O. The van der Waals surface area contributed by atoms with Crippen molar-refractivity contribution >= 4 is 35.5 Å². The number of rotatable bonds is 11. The topological polar surface area (TPSA) is 128 Å². The Kier molecular flexibility index (Phi) is 9.76. The number of nitrogens with zero attached hydrogens (tertiary/aromatic N) is 1. The number of amides is 3. The molecule has 9 nitrogen and oxygen atoms in total. The molecule has 186 valence electrons. The van der Waals surface area contributed by atoms with E-state index in [-0.39, 0.29) is 17.9 Å². The second-order valence-electron chi connectivity index (χ2n) is 8.77. The van der Waals surface area contributed by atoms with Crippen molar-refractivity contribution < 1.29 is 24.3 Å². The number of thioether (sulfide) groups is 1. The lowest BCUT2D eigenvalue weighted by Crippen LogP contribution is -2.57. The van der Waals surface area contributed by atoms with Crippen LogP contribution in [0, 0.1) is 0 Å². The van der Waals surface area contributed by atoms with E-state index in [2.05, 4.69) is 16.0 Å². The van der Waals surface area contributed by atoms with Gasteiger partial charge in [-0.2, -0.15) is 11.8 Å². The van der Waals surface area contributed by atoms with Crippen LogP contribution in [-0.4, -0.2) is 83.0 Å². The molecule has 34 heavy (non-hydrogen) atoms. The van der Waals surface area contributed by atoms with Crippen LogP contribution < -0.4 is 16.0 Å². The number of hydrogen-bond acceptors (Lipinski definition) is 6. The highest BCUT2D eigenvalue weighted by molar-refractivity contribution is 7.98. The molecule has 0 aromatic heterocycles. The van der Waals surface area contributed by atoms with Gasteiger partial charge in [0.05, 0.1) is 6.04 Å². The van der Waals surface area contributed by atoms with Gasteiger partial charge in [0, 0.05) is 13.0 Å². The fourth-order valence-electron chi connectivity index (χ4n) is 4.49. The van der Waals surface area contributed by atoms with E-state index in [9.17, 15) is 24.3 Å². The van der Waals surface area contributed by atoms with Crippen LogP contribution in [0.25, 0.3) is 0 Å². The minimum Gasteiger partial charge on any atom is -0.480 e. The van der Waals surface area contributed by atoms with Gasteiger partial charge < -0.3 is 26.0 Å². The zero-order valence-corrected chi connectivity index (χ0v) is 20.3. The number of carbonyl (C=O) groups excluding carboxylic acids is 3. The summed E-state index contributed by atoms with van der Waals surface area (Å²) in [4.78, 5) is 52.5. The van der Waals surface area contributed by atoms with E-state index in [1.54, 1.807) is 0 Å². The van der Waals surface area contributed by atoms with Crippen molar-refractivity contribution in [2.45, 2.75) is 62.7 Å². The summed E-state index contributed by atoms with van der Waals surface area (Å²) in [7, 11) is 0. The van der Waals surface area contributed by atoms with Crippen LogP contribution in [0.5, 0.6) is 0 Å². The van der Waals surface area contributed by atoms with E-state index in [1.807, 2.05) is 36.6 Å². The van der Waals surface area contributed by atoms with Crippen LogP contribution in [-0.2, 0) is 25.6 Å². The zero-order chi connectivity index (χ0) is 24.5. The molecule has 0 aliphatic carbocycles. The van der Waals surface area contributed by atoms with E-state index in [0.29, 0.717) is 38.0 Å². The first-order valence-corrected chi connectivity index (χ1v) is 13.2. The molecule has 0 saturated carbocycles. The number of nitrogens with one attached hydrogen (secondary N) is 3. The Bertz CT molecular complexity index is 862. The van der Waals surface area contributed by atoms with E-state index in [1.165, 1.54) is 16.7 Å². The number of carboxylic acids is 1. The van der Waals surface area contributed by atoms with Crippen molar-refractivity contribution in [3.63, 3.8) is 0 Å². The zero-order valence-electron chi connectivity index (χ0n) is 19.5. The van der Waals surface area contributed by atoms with Gasteiger partial charge in [0.2, 0.25) is 17.7 Å². The summed E-state index contributed by atoms with van der Waals surface area (Å²) in [6.45, 7) is 1.16. The van der Waals surface area contributed by atoms with Crippen molar-refractivity contribution in [3.8, 4) is 0 Å². The van der Waals surface area contributed by atoms with Crippen LogP contribution in [0.15, 0.2) is 30.3 Å². The summed E-state index contributed by atoms with van der Waals surface area (Å²) < 4.78 is 0. The Morgan fingerprint density at radius 2 is 1.82 bits per heavy atom. The molecule has 4 unspecified atom stereocenters. The summed E-state index contributed by atoms with van der Waals surface area (Å²) in [5.41, 5.74) is 0.906. The standard InChI is InChI=1S/C24H34N4O5S/c1-34-14-11-18(24(32)33)26-22(30)20-10-6-13-28(20)23(31)19(15-16-7-3-2-4-8-16)27-21(29)17-9-5-12-25-17/h2-4,7-8,17-20,25H,5-6,9-15H2,1H3,(H,26,30)(H,27,29)(H,32,33). The Morgan fingerprint density at radius 1 is 1.09 bits per heavy atom. The fourth-order valence-corrected chi connectivity index (χ4v) is 4.97. The molecule has 4 atom stereocenters. The first-order chi connectivity index (χ1) is 16.4. The van der Waals surface area contributed by atoms with Crippen molar-refractivity contribution in [2.24, 2.45) is 0 Å². The largest absolute Gasteiger partial charge is 0.480 e. The minimum absolute atomic E-state index is 0.213. The van der Waals surface area contributed by atoms with E-state index < -0.39 is 30.0 Å². The smallest absolute Gasteiger partial charge is 0.326 e. The molecule has 3 rings (SSSR count). The summed E-state index contributed by atoms with van der Waals surface area (Å²) in [5, 5.41) is 18.1. The maximum atomic E-state index is 13.6. The lowest BCUT2D eigenvalue weighted by Gasteiger charge is -2.30. The Balaban J connectivity index is 1.73. The van der Waals surface area contributed by atoms with Gasteiger partial charge in [-0.25, -0.2) is 4.79 Å². The molecule has 2 saturated heterocycles. The third-order valence-electron chi connectivity index (χ3n) is 6.34. The summed E-state index contributed by atoms with van der Waals surface area (Å²) >= 11 is 1.51. The quantitative estimate of drug-likeness (QED) is 0.361.